The van der Waals surface area contributed by atoms with Crippen LogP contribution >= 0.6 is 11.8 Å². The predicted octanol–water partition coefficient (Wildman–Crippen LogP) is 1.57. The molecule has 0 amide bonds. The lowest BCUT2D eigenvalue weighted by Crippen LogP contribution is -2.34. The number of sulfonamides is 1. The molecule has 1 saturated carbocycles. The lowest BCUT2D eigenvalue weighted by Gasteiger charge is -2.11. The Hall–Kier alpha value is -0.500. The van der Waals surface area contributed by atoms with Gasteiger partial charge in [-0.1, -0.05) is 0 Å². The molecule has 0 radical (unpaired) electrons. The zero-order chi connectivity index (χ0) is 14.8. The van der Waals surface area contributed by atoms with Crippen LogP contribution in [0.1, 0.15) is 31.5 Å². The first kappa shape index (κ1) is 15.9. The lowest BCUT2D eigenvalue weighted by molar-refractivity contribution is 0.570. The Bertz CT molecular complexity index is 550. The molecular weight excluding hydrogens is 294 g/mol. The van der Waals surface area contributed by atoms with Crippen molar-refractivity contribution in [3.8, 4) is 0 Å². The first-order valence-corrected chi connectivity index (χ1v) is 9.72. The van der Waals surface area contributed by atoms with Gasteiger partial charge in [-0.25, -0.2) is 13.1 Å². The minimum Gasteiger partial charge on any atom is -0.346 e. The molecule has 0 aromatic carbocycles. The highest BCUT2D eigenvalue weighted by molar-refractivity contribution is 7.98. The number of rotatable bonds is 8. The largest absolute Gasteiger partial charge is 0.346 e. The van der Waals surface area contributed by atoms with Crippen LogP contribution in [0, 0.1) is 0 Å². The number of nitrogens with zero attached hydrogens (tertiary/aromatic N) is 1. The molecule has 1 aromatic rings. The number of thioether (sulfide) groups is 1. The minimum absolute atomic E-state index is 0.0629. The van der Waals surface area contributed by atoms with Crippen LogP contribution in [-0.2, 0) is 16.6 Å². The van der Waals surface area contributed by atoms with Crippen LogP contribution in [0.15, 0.2) is 17.2 Å². The van der Waals surface area contributed by atoms with Gasteiger partial charge in [0.05, 0.1) is 4.90 Å². The standard InChI is InChI=1S/C13H23N3O2S2/c1-10(9-19-3)15-20(17,18)13-6-12(7-14-2)16(8-13)11-4-5-11/h6,8,10-11,14-15H,4-5,7,9H2,1-3H3. The van der Waals surface area contributed by atoms with Crippen molar-refractivity contribution in [1.29, 1.82) is 0 Å². The van der Waals surface area contributed by atoms with Gasteiger partial charge in [0.15, 0.2) is 0 Å². The molecule has 0 saturated heterocycles. The molecule has 2 rings (SSSR count). The van der Waals surface area contributed by atoms with Crippen LogP contribution in [0.25, 0.3) is 0 Å². The fourth-order valence-electron chi connectivity index (χ4n) is 2.28. The van der Waals surface area contributed by atoms with Crippen LogP contribution in [0.3, 0.4) is 0 Å². The minimum atomic E-state index is -3.42. The summed E-state index contributed by atoms with van der Waals surface area (Å²) in [6.45, 7) is 2.58. The van der Waals surface area contributed by atoms with E-state index in [0.29, 0.717) is 17.5 Å². The second kappa shape index (κ2) is 6.51. The molecule has 2 N–H and O–H groups in total. The van der Waals surface area contributed by atoms with Gasteiger partial charge < -0.3 is 9.88 Å². The van der Waals surface area contributed by atoms with Crippen molar-refractivity contribution in [2.24, 2.45) is 0 Å². The van der Waals surface area contributed by atoms with Gasteiger partial charge in [-0.2, -0.15) is 11.8 Å². The van der Waals surface area contributed by atoms with Crippen molar-refractivity contribution < 1.29 is 8.42 Å². The Balaban J connectivity index is 2.20. The van der Waals surface area contributed by atoms with E-state index in [0.717, 1.165) is 24.3 Å². The highest BCUT2D eigenvalue weighted by Gasteiger charge is 2.28. The van der Waals surface area contributed by atoms with Crippen molar-refractivity contribution in [3.05, 3.63) is 18.0 Å². The third-order valence-electron chi connectivity index (χ3n) is 3.29. The zero-order valence-corrected chi connectivity index (χ0v) is 13.9. The first-order chi connectivity index (χ1) is 9.47. The van der Waals surface area contributed by atoms with Gasteiger partial charge in [0.25, 0.3) is 0 Å². The summed E-state index contributed by atoms with van der Waals surface area (Å²) in [4.78, 5) is 0.377. The van der Waals surface area contributed by atoms with Gasteiger partial charge in [0.1, 0.15) is 0 Å². The summed E-state index contributed by atoms with van der Waals surface area (Å²) in [5.74, 6) is 0.770. The highest BCUT2D eigenvalue weighted by atomic mass is 32.2. The number of hydrogen-bond acceptors (Lipinski definition) is 4. The Labute approximate surface area is 125 Å². The van der Waals surface area contributed by atoms with E-state index in [4.69, 9.17) is 0 Å². The Morgan fingerprint density at radius 1 is 1.50 bits per heavy atom. The van der Waals surface area contributed by atoms with Crippen LogP contribution < -0.4 is 10.0 Å². The zero-order valence-electron chi connectivity index (χ0n) is 12.2. The molecule has 1 aliphatic rings. The highest BCUT2D eigenvalue weighted by Crippen LogP contribution is 2.37. The number of hydrogen-bond donors (Lipinski definition) is 2. The van der Waals surface area contributed by atoms with Crippen molar-refractivity contribution in [1.82, 2.24) is 14.6 Å². The molecule has 20 heavy (non-hydrogen) atoms. The second-order valence-electron chi connectivity index (χ2n) is 5.31. The van der Waals surface area contributed by atoms with Crippen molar-refractivity contribution in [2.75, 3.05) is 19.1 Å². The molecule has 7 heteroatoms. The fourth-order valence-corrected chi connectivity index (χ4v) is 4.26. The van der Waals surface area contributed by atoms with Crippen LogP contribution in [0.2, 0.25) is 0 Å². The maximum Gasteiger partial charge on any atom is 0.242 e. The quantitative estimate of drug-likeness (QED) is 0.764. The van der Waals surface area contributed by atoms with Crippen LogP contribution in [0.4, 0.5) is 0 Å². The summed E-state index contributed by atoms with van der Waals surface area (Å²) < 4.78 is 29.6. The van der Waals surface area contributed by atoms with Gasteiger partial charge in [-0.3, -0.25) is 0 Å². The van der Waals surface area contributed by atoms with E-state index in [1.165, 1.54) is 0 Å². The predicted molar refractivity (Wildman–Crippen MR) is 83.6 cm³/mol. The monoisotopic (exact) mass is 317 g/mol. The molecule has 0 spiro atoms. The van der Waals surface area contributed by atoms with Gasteiger partial charge in [-0.05, 0) is 39.1 Å². The van der Waals surface area contributed by atoms with E-state index in [1.807, 2.05) is 20.2 Å². The average Bonchev–Trinajstić information content (AvgIpc) is 3.10. The van der Waals surface area contributed by atoms with E-state index >= 15 is 0 Å². The summed E-state index contributed by atoms with van der Waals surface area (Å²) >= 11 is 1.63. The Kier molecular flexibility index (Phi) is 5.17. The average molecular weight is 317 g/mol. The summed E-state index contributed by atoms with van der Waals surface area (Å²) in [5.41, 5.74) is 1.04. The van der Waals surface area contributed by atoms with E-state index in [1.54, 1.807) is 24.0 Å². The Morgan fingerprint density at radius 3 is 2.75 bits per heavy atom. The normalized spacial score (nSPS) is 17.4. The number of aromatic nitrogens is 1. The van der Waals surface area contributed by atoms with E-state index in [2.05, 4.69) is 14.6 Å². The lowest BCUT2D eigenvalue weighted by atomic mass is 10.4. The van der Waals surface area contributed by atoms with Gasteiger partial charge in [0.2, 0.25) is 10.0 Å². The van der Waals surface area contributed by atoms with Crippen molar-refractivity contribution >= 4 is 21.8 Å². The SMILES string of the molecule is CNCc1cc(S(=O)(=O)NC(C)CSC)cn1C1CC1. The van der Waals surface area contributed by atoms with Crippen LogP contribution in [0.5, 0.6) is 0 Å². The van der Waals surface area contributed by atoms with E-state index in [-0.39, 0.29) is 6.04 Å². The molecule has 1 aromatic heterocycles. The van der Waals surface area contributed by atoms with Gasteiger partial charge in [-0.15, -0.1) is 0 Å². The second-order valence-corrected chi connectivity index (χ2v) is 7.94. The summed E-state index contributed by atoms with van der Waals surface area (Å²) in [7, 11) is -1.55. The smallest absolute Gasteiger partial charge is 0.242 e. The Morgan fingerprint density at radius 2 is 2.20 bits per heavy atom. The molecule has 1 unspecified atom stereocenters. The summed E-state index contributed by atoms with van der Waals surface area (Å²) in [5, 5.41) is 3.09. The maximum absolute atomic E-state index is 12.4. The first-order valence-electron chi connectivity index (χ1n) is 6.84. The topological polar surface area (TPSA) is 63.1 Å². The molecule has 0 aliphatic heterocycles. The number of nitrogens with one attached hydrogen (secondary N) is 2. The molecule has 114 valence electrons. The molecule has 5 nitrogen and oxygen atoms in total. The van der Waals surface area contributed by atoms with Gasteiger partial charge >= 0.3 is 0 Å². The molecule has 1 aliphatic carbocycles. The third-order valence-corrected chi connectivity index (χ3v) is 5.68. The molecule has 1 heterocycles. The van der Waals surface area contributed by atoms with Crippen molar-refractivity contribution in [2.45, 2.75) is 43.3 Å². The van der Waals surface area contributed by atoms with E-state index in [9.17, 15) is 8.42 Å². The molecule has 1 atom stereocenters. The van der Waals surface area contributed by atoms with Crippen LogP contribution in [-0.4, -0.2) is 38.1 Å². The maximum atomic E-state index is 12.4. The van der Waals surface area contributed by atoms with Gasteiger partial charge in [0, 0.05) is 36.3 Å². The summed E-state index contributed by atoms with van der Waals surface area (Å²) in [6.07, 6.45) is 6.03. The van der Waals surface area contributed by atoms with E-state index < -0.39 is 10.0 Å². The summed E-state index contributed by atoms with van der Waals surface area (Å²) in [6, 6.07) is 2.20. The molecule has 1 fully saturated rings. The third kappa shape index (κ3) is 3.78. The van der Waals surface area contributed by atoms with Crippen molar-refractivity contribution in [3.63, 3.8) is 0 Å². The molecular formula is C13H23N3O2S2. The fraction of sp³-hybridized carbons (Fsp3) is 0.692. The molecule has 0 bridgehead atoms.